The summed E-state index contributed by atoms with van der Waals surface area (Å²) in [5, 5.41) is 6.46. The van der Waals surface area contributed by atoms with Gasteiger partial charge >= 0.3 is 5.97 Å². The molecular formula is C19H26IN3O4. The number of hydrogen-bond acceptors (Lipinski definition) is 5. The van der Waals surface area contributed by atoms with Crippen molar-refractivity contribution >= 4 is 35.9 Å². The fourth-order valence-corrected chi connectivity index (χ4v) is 2.39. The second-order valence-electron chi connectivity index (χ2n) is 5.48. The molecule has 0 aliphatic heterocycles. The summed E-state index contributed by atoms with van der Waals surface area (Å²) in [5.41, 5.74) is 1.27. The molecular weight excluding hydrogens is 461 g/mol. The molecule has 0 unspecified atom stereocenters. The molecule has 1 aromatic carbocycles. The quantitative estimate of drug-likeness (QED) is 0.258. The number of aliphatic imine (C=N–C) groups is 1. The number of benzene rings is 1. The van der Waals surface area contributed by atoms with Gasteiger partial charge in [0, 0.05) is 19.5 Å². The Morgan fingerprint density at radius 1 is 1.22 bits per heavy atom. The summed E-state index contributed by atoms with van der Waals surface area (Å²) >= 11 is 0. The number of methoxy groups -OCH3 is 2. The number of hydrogen-bond donors (Lipinski definition) is 2. The third kappa shape index (κ3) is 7.12. The van der Waals surface area contributed by atoms with Crippen molar-refractivity contribution in [1.82, 2.24) is 10.6 Å². The van der Waals surface area contributed by atoms with Crippen LogP contribution in [0.3, 0.4) is 0 Å². The maximum absolute atomic E-state index is 11.9. The Kier molecular flexibility index (Phi) is 10.3. The number of guanidine groups is 1. The van der Waals surface area contributed by atoms with Gasteiger partial charge in [0.05, 0.1) is 27.0 Å². The lowest BCUT2D eigenvalue weighted by Gasteiger charge is -2.11. The van der Waals surface area contributed by atoms with Crippen LogP contribution >= 0.6 is 24.0 Å². The number of ether oxygens (including phenoxy) is 2. The summed E-state index contributed by atoms with van der Waals surface area (Å²) < 4.78 is 15.3. The maximum Gasteiger partial charge on any atom is 0.341 e. The van der Waals surface area contributed by atoms with Crippen molar-refractivity contribution in [2.24, 2.45) is 4.99 Å². The molecule has 0 aliphatic rings. The Hall–Kier alpha value is -2.23. The molecule has 148 valence electrons. The molecule has 7 nitrogen and oxygen atoms in total. The third-order valence-electron chi connectivity index (χ3n) is 3.68. The minimum atomic E-state index is -0.434. The number of halogens is 1. The van der Waals surface area contributed by atoms with Gasteiger partial charge in [-0.25, -0.2) is 9.79 Å². The van der Waals surface area contributed by atoms with E-state index in [-0.39, 0.29) is 24.0 Å². The van der Waals surface area contributed by atoms with Crippen LogP contribution in [0.2, 0.25) is 0 Å². The van der Waals surface area contributed by atoms with Crippen molar-refractivity contribution < 1.29 is 18.7 Å². The van der Waals surface area contributed by atoms with Gasteiger partial charge in [0.1, 0.15) is 17.1 Å². The van der Waals surface area contributed by atoms with Gasteiger partial charge in [-0.3, -0.25) is 0 Å². The fourth-order valence-electron chi connectivity index (χ4n) is 2.39. The van der Waals surface area contributed by atoms with Gasteiger partial charge in [0.25, 0.3) is 0 Å². The Morgan fingerprint density at radius 2 is 2.04 bits per heavy atom. The third-order valence-corrected chi connectivity index (χ3v) is 3.68. The Morgan fingerprint density at radius 3 is 2.67 bits per heavy atom. The van der Waals surface area contributed by atoms with Gasteiger partial charge in [-0.05, 0) is 36.8 Å². The van der Waals surface area contributed by atoms with Crippen LogP contribution in [0.25, 0.3) is 0 Å². The monoisotopic (exact) mass is 487 g/mol. The van der Waals surface area contributed by atoms with E-state index in [1.165, 1.54) is 14.2 Å². The lowest BCUT2D eigenvalue weighted by Crippen LogP contribution is -2.38. The molecule has 2 rings (SSSR count). The van der Waals surface area contributed by atoms with E-state index < -0.39 is 5.97 Å². The molecule has 8 heteroatoms. The van der Waals surface area contributed by atoms with Crippen molar-refractivity contribution in [2.75, 3.05) is 27.3 Å². The smallest absolute Gasteiger partial charge is 0.341 e. The van der Waals surface area contributed by atoms with E-state index in [1.807, 2.05) is 25.1 Å². The molecule has 1 aromatic heterocycles. The molecule has 0 aliphatic carbocycles. The highest BCUT2D eigenvalue weighted by molar-refractivity contribution is 14.0. The van der Waals surface area contributed by atoms with Crippen molar-refractivity contribution in [2.45, 2.75) is 19.9 Å². The molecule has 0 radical (unpaired) electrons. The zero-order chi connectivity index (χ0) is 18.8. The largest absolute Gasteiger partial charge is 0.496 e. The minimum absolute atomic E-state index is 0. The normalized spacial score (nSPS) is 10.7. The first-order valence-corrected chi connectivity index (χ1v) is 8.47. The molecule has 0 atom stereocenters. The van der Waals surface area contributed by atoms with Crippen LogP contribution in [-0.4, -0.2) is 39.2 Å². The van der Waals surface area contributed by atoms with E-state index in [4.69, 9.17) is 13.9 Å². The van der Waals surface area contributed by atoms with Gasteiger partial charge in [-0.1, -0.05) is 6.07 Å². The highest BCUT2D eigenvalue weighted by Gasteiger charge is 2.13. The van der Waals surface area contributed by atoms with Crippen LogP contribution in [0.5, 0.6) is 5.75 Å². The van der Waals surface area contributed by atoms with Crippen LogP contribution in [0.1, 0.15) is 28.6 Å². The van der Waals surface area contributed by atoms with Crippen molar-refractivity contribution in [3.63, 3.8) is 0 Å². The Bertz CT molecular complexity index is 733. The van der Waals surface area contributed by atoms with E-state index in [1.54, 1.807) is 18.4 Å². The molecule has 2 aromatic rings. The number of nitrogens with zero attached hydrogens (tertiary/aromatic N) is 1. The molecule has 1 heterocycles. The van der Waals surface area contributed by atoms with Crippen LogP contribution in [0, 0.1) is 0 Å². The Balaban J connectivity index is 0.00000364. The van der Waals surface area contributed by atoms with Gasteiger partial charge in [-0.2, -0.15) is 0 Å². The molecule has 27 heavy (non-hydrogen) atoms. The second kappa shape index (κ2) is 12.2. The van der Waals surface area contributed by atoms with E-state index in [0.29, 0.717) is 30.4 Å². The number of carbonyl (C=O) groups is 1. The summed E-state index contributed by atoms with van der Waals surface area (Å²) in [4.78, 5) is 16.4. The second-order valence-corrected chi connectivity index (χ2v) is 5.48. The SMILES string of the molecule is CCNC(=NCc1ccc(OC)c(C(=O)OC)c1)NCCc1ccco1.I. The van der Waals surface area contributed by atoms with E-state index in [0.717, 1.165) is 24.3 Å². The van der Waals surface area contributed by atoms with E-state index in [9.17, 15) is 4.79 Å². The number of carbonyl (C=O) groups excluding carboxylic acids is 1. The molecule has 2 N–H and O–H groups in total. The predicted molar refractivity (Wildman–Crippen MR) is 115 cm³/mol. The first kappa shape index (κ1) is 22.8. The van der Waals surface area contributed by atoms with Crippen molar-refractivity contribution in [1.29, 1.82) is 0 Å². The lowest BCUT2D eigenvalue weighted by atomic mass is 10.1. The van der Waals surface area contributed by atoms with Gasteiger partial charge < -0.3 is 24.5 Å². The summed E-state index contributed by atoms with van der Waals surface area (Å²) in [6, 6.07) is 9.17. The molecule has 0 fully saturated rings. The topological polar surface area (TPSA) is 85.1 Å². The first-order valence-electron chi connectivity index (χ1n) is 8.47. The van der Waals surface area contributed by atoms with Gasteiger partial charge in [0.15, 0.2) is 5.96 Å². The maximum atomic E-state index is 11.9. The summed E-state index contributed by atoms with van der Waals surface area (Å²) in [5.74, 6) is 1.67. The Labute approximate surface area is 176 Å². The average Bonchev–Trinajstić information content (AvgIpc) is 3.18. The number of rotatable bonds is 8. The summed E-state index contributed by atoms with van der Waals surface area (Å²) in [7, 11) is 2.87. The standard InChI is InChI=1S/C19H25N3O4.HI/c1-4-20-19(21-10-9-15-6-5-11-26-15)22-13-14-7-8-17(24-2)16(12-14)18(23)25-3;/h5-8,11-12H,4,9-10,13H2,1-3H3,(H2,20,21,22);1H. The van der Waals surface area contributed by atoms with Crippen LogP contribution in [0.4, 0.5) is 0 Å². The van der Waals surface area contributed by atoms with Crippen LogP contribution in [0.15, 0.2) is 46.0 Å². The molecule has 0 saturated carbocycles. The highest BCUT2D eigenvalue weighted by Crippen LogP contribution is 2.21. The van der Waals surface area contributed by atoms with Crippen LogP contribution in [-0.2, 0) is 17.7 Å². The number of furan rings is 1. The zero-order valence-electron chi connectivity index (χ0n) is 15.8. The van der Waals surface area contributed by atoms with Crippen molar-refractivity contribution in [3.05, 3.63) is 53.5 Å². The lowest BCUT2D eigenvalue weighted by molar-refractivity contribution is 0.0597. The summed E-state index contributed by atoms with van der Waals surface area (Å²) in [6.45, 7) is 3.88. The predicted octanol–water partition coefficient (Wildman–Crippen LogP) is 2.99. The summed E-state index contributed by atoms with van der Waals surface area (Å²) in [6.07, 6.45) is 2.43. The number of esters is 1. The van der Waals surface area contributed by atoms with Crippen LogP contribution < -0.4 is 15.4 Å². The average molecular weight is 487 g/mol. The van der Waals surface area contributed by atoms with Gasteiger partial charge in [0.2, 0.25) is 0 Å². The highest BCUT2D eigenvalue weighted by atomic mass is 127. The number of nitrogens with one attached hydrogen (secondary N) is 2. The van der Waals surface area contributed by atoms with E-state index in [2.05, 4.69) is 15.6 Å². The fraction of sp³-hybridized carbons (Fsp3) is 0.368. The molecule has 0 amide bonds. The molecule has 0 bridgehead atoms. The first-order chi connectivity index (χ1) is 12.7. The molecule has 0 spiro atoms. The van der Waals surface area contributed by atoms with Crippen molar-refractivity contribution in [3.8, 4) is 5.75 Å². The van der Waals surface area contributed by atoms with Gasteiger partial charge in [-0.15, -0.1) is 24.0 Å². The minimum Gasteiger partial charge on any atom is -0.496 e. The molecule has 0 saturated heterocycles. The zero-order valence-corrected chi connectivity index (χ0v) is 18.1. The van der Waals surface area contributed by atoms with E-state index >= 15 is 0 Å².